The maximum Gasteiger partial charge on any atom is 0.260 e. The van der Waals surface area contributed by atoms with Crippen LogP contribution >= 0.6 is 0 Å². The van der Waals surface area contributed by atoms with Crippen LogP contribution in [0.2, 0.25) is 0 Å². The van der Waals surface area contributed by atoms with E-state index in [9.17, 15) is 4.79 Å². The van der Waals surface area contributed by atoms with E-state index in [4.69, 9.17) is 5.73 Å². The third kappa shape index (κ3) is 2.73. The number of hydrogen-bond acceptors (Lipinski definition) is 4. The first-order valence-electron chi connectivity index (χ1n) is 7.65. The van der Waals surface area contributed by atoms with Gasteiger partial charge in [-0.3, -0.25) is 9.78 Å². The lowest BCUT2D eigenvalue weighted by molar-refractivity contribution is 0.306. The van der Waals surface area contributed by atoms with E-state index in [0.717, 1.165) is 13.0 Å². The fraction of sp³-hybridized carbons (Fsp3) is 0.500. The monoisotopic (exact) mass is 286 g/mol. The molecule has 0 spiro atoms. The van der Waals surface area contributed by atoms with Gasteiger partial charge in [0, 0.05) is 12.2 Å². The summed E-state index contributed by atoms with van der Waals surface area (Å²) in [5, 5.41) is 3.86. The zero-order valence-corrected chi connectivity index (χ0v) is 12.4. The molecule has 5 heteroatoms. The number of nitrogen functional groups attached to an aromatic ring is 1. The lowest BCUT2D eigenvalue weighted by Crippen LogP contribution is -2.27. The van der Waals surface area contributed by atoms with Gasteiger partial charge in [0.2, 0.25) is 5.95 Å². The van der Waals surface area contributed by atoms with Crippen molar-refractivity contribution in [2.24, 2.45) is 5.41 Å². The third-order valence-corrected chi connectivity index (χ3v) is 4.77. The van der Waals surface area contributed by atoms with Crippen molar-refractivity contribution in [1.29, 1.82) is 0 Å². The molecule has 0 bridgehead atoms. The fourth-order valence-corrected chi connectivity index (χ4v) is 3.29. The van der Waals surface area contributed by atoms with E-state index in [2.05, 4.69) is 22.2 Å². The highest BCUT2D eigenvalue weighted by atomic mass is 16.1. The Bertz CT molecular complexity index is 701. The molecule has 0 saturated heterocycles. The van der Waals surface area contributed by atoms with E-state index in [0.29, 0.717) is 28.0 Å². The quantitative estimate of drug-likeness (QED) is 0.755. The molecule has 0 unspecified atom stereocenters. The van der Waals surface area contributed by atoms with Crippen LogP contribution in [0.25, 0.3) is 10.9 Å². The second-order valence-corrected chi connectivity index (χ2v) is 6.11. The lowest BCUT2D eigenvalue weighted by Gasteiger charge is -2.27. The second-order valence-electron chi connectivity index (χ2n) is 6.11. The predicted molar refractivity (Wildman–Crippen MR) is 86.5 cm³/mol. The smallest absolute Gasteiger partial charge is 0.260 e. The van der Waals surface area contributed by atoms with E-state index >= 15 is 0 Å². The maximum absolute atomic E-state index is 12.1. The van der Waals surface area contributed by atoms with Gasteiger partial charge in [0.05, 0.1) is 10.9 Å². The van der Waals surface area contributed by atoms with Gasteiger partial charge in [-0.05, 0) is 42.9 Å². The Morgan fingerprint density at radius 3 is 2.86 bits per heavy atom. The first-order chi connectivity index (χ1) is 10.1. The third-order valence-electron chi connectivity index (χ3n) is 4.77. The Labute approximate surface area is 124 Å². The topological polar surface area (TPSA) is 83.8 Å². The number of anilines is 2. The molecule has 0 atom stereocenters. The minimum Gasteiger partial charge on any atom is -0.399 e. The van der Waals surface area contributed by atoms with Gasteiger partial charge in [0.1, 0.15) is 0 Å². The molecule has 1 saturated carbocycles. The minimum absolute atomic E-state index is 0.147. The number of nitrogens with two attached hydrogens (primary N) is 1. The van der Waals surface area contributed by atoms with Crippen LogP contribution in [-0.4, -0.2) is 16.5 Å². The fourth-order valence-electron chi connectivity index (χ4n) is 3.29. The zero-order chi connectivity index (χ0) is 14.9. The standard InChI is InChI=1S/C16H22N4O/c1-2-16(7-3-4-8-16)10-18-15-19-13-6-5-11(17)9-12(13)14(21)20-15/h5-6,9H,2-4,7-8,10,17H2,1H3,(H2,18,19,20,21). The van der Waals surface area contributed by atoms with Gasteiger partial charge >= 0.3 is 0 Å². The highest BCUT2D eigenvalue weighted by Gasteiger charge is 2.31. The first kappa shape index (κ1) is 13.9. The normalized spacial score (nSPS) is 17.2. The van der Waals surface area contributed by atoms with Crippen molar-refractivity contribution < 1.29 is 0 Å². The molecule has 1 aromatic heterocycles. The van der Waals surface area contributed by atoms with E-state index in [1.807, 2.05) is 0 Å². The molecule has 1 aliphatic rings. The van der Waals surface area contributed by atoms with Gasteiger partial charge < -0.3 is 11.1 Å². The maximum atomic E-state index is 12.1. The molecule has 0 aliphatic heterocycles. The molecule has 3 rings (SSSR count). The molecule has 0 radical (unpaired) electrons. The molecule has 2 aromatic rings. The van der Waals surface area contributed by atoms with Gasteiger partial charge in [-0.1, -0.05) is 19.8 Å². The Morgan fingerprint density at radius 2 is 2.14 bits per heavy atom. The molecule has 112 valence electrons. The SMILES string of the molecule is CCC1(CNc2nc3ccc(N)cc3c(=O)[nH]2)CCCC1. The van der Waals surface area contributed by atoms with Gasteiger partial charge in [0.25, 0.3) is 5.56 Å². The summed E-state index contributed by atoms with van der Waals surface area (Å²) in [6.45, 7) is 3.11. The van der Waals surface area contributed by atoms with Crippen LogP contribution in [0.5, 0.6) is 0 Å². The lowest BCUT2D eigenvalue weighted by atomic mass is 9.83. The molecule has 0 amide bonds. The molecule has 1 heterocycles. The summed E-state index contributed by atoms with van der Waals surface area (Å²) < 4.78 is 0. The van der Waals surface area contributed by atoms with Crippen LogP contribution in [0.4, 0.5) is 11.6 Å². The zero-order valence-electron chi connectivity index (χ0n) is 12.4. The summed E-state index contributed by atoms with van der Waals surface area (Å²) in [5.41, 5.74) is 7.17. The highest BCUT2D eigenvalue weighted by Crippen LogP contribution is 2.40. The van der Waals surface area contributed by atoms with Gasteiger partial charge in [0.15, 0.2) is 0 Å². The van der Waals surface area contributed by atoms with E-state index < -0.39 is 0 Å². The van der Waals surface area contributed by atoms with Gasteiger partial charge in [-0.25, -0.2) is 4.98 Å². The Kier molecular flexibility index (Phi) is 3.57. The number of aromatic nitrogens is 2. The number of fused-ring (bicyclic) bond motifs is 1. The number of rotatable bonds is 4. The number of nitrogens with one attached hydrogen (secondary N) is 2. The highest BCUT2D eigenvalue weighted by molar-refractivity contribution is 5.81. The molecule has 4 N–H and O–H groups in total. The van der Waals surface area contributed by atoms with Crippen LogP contribution in [0.15, 0.2) is 23.0 Å². The van der Waals surface area contributed by atoms with Crippen molar-refractivity contribution in [2.75, 3.05) is 17.6 Å². The second kappa shape index (κ2) is 5.39. The van der Waals surface area contributed by atoms with Gasteiger partial charge in [-0.15, -0.1) is 0 Å². The van der Waals surface area contributed by atoms with Crippen LogP contribution in [-0.2, 0) is 0 Å². The summed E-state index contributed by atoms with van der Waals surface area (Å²) in [4.78, 5) is 19.4. The van der Waals surface area contributed by atoms with Crippen LogP contribution in [0.3, 0.4) is 0 Å². The predicted octanol–water partition coefficient (Wildman–Crippen LogP) is 2.89. The molecule has 1 fully saturated rings. The Balaban J connectivity index is 1.84. The van der Waals surface area contributed by atoms with Crippen molar-refractivity contribution in [3.8, 4) is 0 Å². The average molecular weight is 286 g/mol. The molecular formula is C16H22N4O. The van der Waals surface area contributed by atoms with Crippen LogP contribution < -0.4 is 16.6 Å². The van der Waals surface area contributed by atoms with Crippen LogP contribution in [0.1, 0.15) is 39.0 Å². The Hall–Kier alpha value is -2.04. The van der Waals surface area contributed by atoms with Crippen molar-refractivity contribution in [1.82, 2.24) is 9.97 Å². The number of hydrogen-bond donors (Lipinski definition) is 3. The largest absolute Gasteiger partial charge is 0.399 e. The van der Waals surface area contributed by atoms with E-state index in [-0.39, 0.29) is 5.56 Å². The van der Waals surface area contributed by atoms with E-state index in [1.165, 1.54) is 25.7 Å². The van der Waals surface area contributed by atoms with Crippen molar-refractivity contribution >= 4 is 22.5 Å². The van der Waals surface area contributed by atoms with Gasteiger partial charge in [-0.2, -0.15) is 0 Å². The molecule has 1 aliphatic carbocycles. The van der Waals surface area contributed by atoms with Crippen molar-refractivity contribution in [2.45, 2.75) is 39.0 Å². The number of aromatic amines is 1. The van der Waals surface area contributed by atoms with Crippen molar-refractivity contribution in [3.63, 3.8) is 0 Å². The average Bonchev–Trinajstić information content (AvgIpc) is 2.95. The summed E-state index contributed by atoms with van der Waals surface area (Å²) in [6.07, 6.45) is 6.27. The molecule has 5 nitrogen and oxygen atoms in total. The number of benzene rings is 1. The van der Waals surface area contributed by atoms with E-state index in [1.54, 1.807) is 18.2 Å². The molecular weight excluding hydrogens is 264 g/mol. The summed E-state index contributed by atoms with van der Waals surface area (Å²) in [5.74, 6) is 0.553. The Morgan fingerprint density at radius 1 is 1.38 bits per heavy atom. The van der Waals surface area contributed by atoms with Crippen LogP contribution in [0, 0.1) is 5.41 Å². The van der Waals surface area contributed by atoms with Crippen molar-refractivity contribution in [3.05, 3.63) is 28.6 Å². The summed E-state index contributed by atoms with van der Waals surface area (Å²) in [6, 6.07) is 5.22. The molecule has 21 heavy (non-hydrogen) atoms. The first-order valence-corrected chi connectivity index (χ1v) is 7.65. The molecule has 1 aromatic carbocycles. The number of H-pyrrole nitrogens is 1. The minimum atomic E-state index is -0.147. The summed E-state index contributed by atoms with van der Waals surface area (Å²) in [7, 11) is 0. The number of nitrogens with zero attached hydrogens (tertiary/aromatic N) is 1. The summed E-state index contributed by atoms with van der Waals surface area (Å²) >= 11 is 0.